The molecule has 0 unspecified atom stereocenters. The van der Waals surface area contributed by atoms with E-state index in [0.29, 0.717) is 35.4 Å². The SMILES string of the molecule is COc1ccc(CCNC(=O)/C(C#N)=C2\N=C(NC(=O)c3ccc(OC)cc3)c3ccccc32)cc1. The first-order valence-corrected chi connectivity index (χ1v) is 11.2. The summed E-state index contributed by atoms with van der Waals surface area (Å²) >= 11 is 0. The van der Waals surface area contributed by atoms with Gasteiger partial charge in [0.1, 0.15) is 29.0 Å². The van der Waals surface area contributed by atoms with Gasteiger partial charge in [-0.05, 0) is 48.4 Å². The van der Waals surface area contributed by atoms with Crippen LogP contribution < -0.4 is 20.1 Å². The molecule has 1 heterocycles. The standard InChI is InChI=1S/C28H24N4O4/c1-35-20-11-7-18(8-12-20)15-16-30-28(34)24(17-29)25-22-5-3-4-6-23(22)26(31-25)32-27(33)19-9-13-21(36-2)14-10-19/h3-14H,15-16H2,1-2H3,(H,30,34)(H,31,32,33)/b25-24-. The number of amides is 2. The van der Waals surface area contributed by atoms with Crippen molar-refractivity contribution in [2.45, 2.75) is 6.42 Å². The smallest absolute Gasteiger partial charge is 0.264 e. The molecule has 0 spiro atoms. The maximum atomic E-state index is 12.9. The van der Waals surface area contributed by atoms with Gasteiger partial charge in [-0.25, -0.2) is 4.99 Å². The minimum absolute atomic E-state index is 0.120. The molecular weight excluding hydrogens is 456 g/mol. The van der Waals surface area contributed by atoms with Crippen molar-refractivity contribution >= 4 is 23.3 Å². The lowest BCUT2D eigenvalue weighted by Crippen LogP contribution is -2.30. The van der Waals surface area contributed by atoms with Gasteiger partial charge in [0.05, 0.1) is 19.9 Å². The van der Waals surface area contributed by atoms with Crippen LogP contribution in [0.25, 0.3) is 5.70 Å². The zero-order valence-electron chi connectivity index (χ0n) is 19.9. The van der Waals surface area contributed by atoms with Gasteiger partial charge in [-0.3, -0.25) is 9.59 Å². The van der Waals surface area contributed by atoms with Gasteiger partial charge in [0.15, 0.2) is 0 Å². The molecule has 8 nitrogen and oxygen atoms in total. The van der Waals surface area contributed by atoms with Crippen LogP contribution >= 0.6 is 0 Å². The van der Waals surface area contributed by atoms with E-state index in [4.69, 9.17) is 9.47 Å². The second-order valence-corrected chi connectivity index (χ2v) is 7.88. The lowest BCUT2D eigenvalue weighted by molar-refractivity contribution is -0.117. The fourth-order valence-electron chi connectivity index (χ4n) is 3.75. The topological polar surface area (TPSA) is 113 Å². The van der Waals surface area contributed by atoms with Gasteiger partial charge >= 0.3 is 0 Å². The van der Waals surface area contributed by atoms with Crippen LogP contribution in [0.3, 0.4) is 0 Å². The second-order valence-electron chi connectivity index (χ2n) is 7.88. The third kappa shape index (κ3) is 5.26. The third-order valence-electron chi connectivity index (χ3n) is 5.68. The molecule has 3 aromatic carbocycles. The highest BCUT2D eigenvalue weighted by Gasteiger charge is 2.27. The molecule has 0 aliphatic carbocycles. The Labute approximate surface area is 208 Å². The fraction of sp³-hybridized carbons (Fsp3) is 0.143. The number of ether oxygens (including phenoxy) is 2. The average molecular weight is 481 g/mol. The largest absolute Gasteiger partial charge is 0.497 e. The number of carbonyl (C=O) groups is 2. The van der Waals surface area contributed by atoms with Gasteiger partial charge in [0.25, 0.3) is 11.8 Å². The van der Waals surface area contributed by atoms with Crippen LogP contribution in [0, 0.1) is 11.3 Å². The summed E-state index contributed by atoms with van der Waals surface area (Å²) in [5, 5.41) is 15.4. The van der Waals surface area contributed by atoms with Crippen molar-refractivity contribution in [2.24, 2.45) is 4.99 Å². The maximum absolute atomic E-state index is 12.9. The minimum Gasteiger partial charge on any atom is -0.497 e. The lowest BCUT2D eigenvalue weighted by Gasteiger charge is -2.07. The number of nitriles is 1. The second kappa shape index (κ2) is 11.0. The fourth-order valence-corrected chi connectivity index (χ4v) is 3.75. The predicted molar refractivity (Wildman–Crippen MR) is 136 cm³/mol. The van der Waals surface area contributed by atoms with Crippen molar-refractivity contribution < 1.29 is 19.1 Å². The molecule has 4 rings (SSSR count). The summed E-state index contributed by atoms with van der Waals surface area (Å²) in [6.07, 6.45) is 0.590. The summed E-state index contributed by atoms with van der Waals surface area (Å²) in [6, 6.07) is 23.3. The van der Waals surface area contributed by atoms with E-state index in [1.54, 1.807) is 62.8 Å². The van der Waals surface area contributed by atoms with Crippen molar-refractivity contribution in [1.29, 1.82) is 5.26 Å². The first-order chi connectivity index (χ1) is 17.5. The first kappa shape index (κ1) is 24.2. The van der Waals surface area contributed by atoms with E-state index >= 15 is 0 Å². The van der Waals surface area contributed by atoms with Gasteiger partial charge < -0.3 is 20.1 Å². The van der Waals surface area contributed by atoms with Crippen molar-refractivity contribution in [2.75, 3.05) is 20.8 Å². The number of methoxy groups -OCH3 is 2. The lowest BCUT2D eigenvalue weighted by atomic mass is 10.0. The number of hydrogen-bond donors (Lipinski definition) is 2. The number of nitrogens with one attached hydrogen (secondary N) is 2. The van der Waals surface area contributed by atoms with Gasteiger partial charge in [0, 0.05) is 23.2 Å². The molecule has 2 amide bonds. The van der Waals surface area contributed by atoms with Crippen molar-refractivity contribution in [3.63, 3.8) is 0 Å². The zero-order valence-corrected chi connectivity index (χ0v) is 19.9. The summed E-state index contributed by atoms with van der Waals surface area (Å²) in [6.45, 7) is 0.343. The molecule has 36 heavy (non-hydrogen) atoms. The molecule has 1 aliphatic rings. The normalized spacial score (nSPS) is 13.1. The van der Waals surface area contributed by atoms with Crippen LogP contribution in [-0.2, 0) is 11.2 Å². The summed E-state index contributed by atoms with van der Waals surface area (Å²) in [7, 11) is 3.15. The molecule has 0 fully saturated rings. The number of amidine groups is 1. The highest BCUT2D eigenvalue weighted by atomic mass is 16.5. The van der Waals surface area contributed by atoms with E-state index in [9.17, 15) is 14.9 Å². The predicted octanol–water partition coefficient (Wildman–Crippen LogP) is 3.49. The zero-order chi connectivity index (χ0) is 25.5. The number of aliphatic imine (C=N–C) groups is 1. The number of fused-ring (bicyclic) bond motifs is 1. The van der Waals surface area contributed by atoms with E-state index in [2.05, 4.69) is 15.6 Å². The Bertz CT molecular complexity index is 1380. The van der Waals surface area contributed by atoms with Crippen LogP contribution in [0.4, 0.5) is 0 Å². The number of nitrogens with zero attached hydrogens (tertiary/aromatic N) is 2. The van der Waals surface area contributed by atoms with Gasteiger partial charge in [0.2, 0.25) is 0 Å². The van der Waals surface area contributed by atoms with Crippen LogP contribution in [0.5, 0.6) is 11.5 Å². The number of hydrogen-bond acceptors (Lipinski definition) is 6. The highest BCUT2D eigenvalue weighted by molar-refractivity contribution is 6.20. The van der Waals surface area contributed by atoms with Crippen molar-refractivity contribution in [1.82, 2.24) is 10.6 Å². The Morgan fingerprint density at radius 3 is 2.11 bits per heavy atom. The van der Waals surface area contributed by atoms with Gasteiger partial charge in [-0.1, -0.05) is 36.4 Å². The Morgan fingerprint density at radius 1 is 0.889 bits per heavy atom. The number of rotatable bonds is 7. The van der Waals surface area contributed by atoms with Crippen molar-refractivity contribution in [3.8, 4) is 17.6 Å². The van der Waals surface area contributed by atoms with E-state index in [1.165, 1.54) is 0 Å². The minimum atomic E-state index is -0.526. The monoisotopic (exact) mass is 480 g/mol. The van der Waals surface area contributed by atoms with Gasteiger partial charge in [-0.2, -0.15) is 5.26 Å². The van der Waals surface area contributed by atoms with Crippen LogP contribution in [-0.4, -0.2) is 38.4 Å². The summed E-state index contributed by atoms with van der Waals surface area (Å²) < 4.78 is 10.3. The Balaban J connectivity index is 1.52. The average Bonchev–Trinajstić information content (AvgIpc) is 3.27. The van der Waals surface area contributed by atoms with Crippen LogP contribution in [0.15, 0.2) is 83.4 Å². The molecule has 1 aliphatic heterocycles. The Kier molecular flexibility index (Phi) is 7.42. The first-order valence-electron chi connectivity index (χ1n) is 11.2. The molecule has 180 valence electrons. The third-order valence-corrected chi connectivity index (χ3v) is 5.68. The molecule has 2 N–H and O–H groups in total. The van der Waals surface area contributed by atoms with Gasteiger partial charge in [-0.15, -0.1) is 0 Å². The molecular formula is C28H24N4O4. The quantitative estimate of drug-likeness (QED) is 0.397. The van der Waals surface area contributed by atoms with Crippen LogP contribution in [0.2, 0.25) is 0 Å². The summed E-state index contributed by atoms with van der Waals surface area (Å²) in [5.74, 6) is 0.779. The molecule has 0 bridgehead atoms. The molecule has 8 heteroatoms. The number of benzene rings is 3. The molecule has 0 radical (unpaired) electrons. The van der Waals surface area contributed by atoms with E-state index in [-0.39, 0.29) is 23.0 Å². The van der Waals surface area contributed by atoms with Crippen molar-refractivity contribution in [3.05, 3.63) is 101 Å². The van der Waals surface area contributed by atoms with E-state index < -0.39 is 5.91 Å². The molecule has 3 aromatic rings. The summed E-state index contributed by atoms with van der Waals surface area (Å²) in [5.41, 5.74) is 2.78. The molecule has 0 saturated heterocycles. The molecule has 0 atom stereocenters. The maximum Gasteiger partial charge on any atom is 0.264 e. The van der Waals surface area contributed by atoms with E-state index in [0.717, 1.165) is 11.3 Å². The number of carbonyl (C=O) groups excluding carboxylic acids is 2. The van der Waals surface area contributed by atoms with Crippen LogP contribution in [0.1, 0.15) is 27.0 Å². The van der Waals surface area contributed by atoms with E-state index in [1.807, 2.05) is 30.3 Å². The Hall–Kier alpha value is -4.90. The summed E-state index contributed by atoms with van der Waals surface area (Å²) in [4.78, 5) is 30.2. The molecule has 0 saturated carbocycles. The Morgan fingerprint density at radius 2 is 1.50 bits per heavy atom. The highest BCUT2D eigenvalue weighted by Crippen LogP contribution is 2.30. The molecule has 0 aromatic heterocycles.